The quantitative estimate of drug-likeness (QED) is 0.501. The van der Waals surface area contributed by atoms with Gasteiger partial charge >= 0.3 is 5.69 Å². The van der Waals surface area contributed by atoms with Gasteiger partial charge in [0.05, 0.1) is 11.1 Å². The minimum Gasteiger partial charge on any atom is -0.477 e. The van der Waals surface area contributed by atoms with Crippen LogP contribution in [0.3, 0.4) is 0 Å². The van der Waals surface area contributed by atoms with Crippen molar-refractivity contribution in [3.05, 3.63) is 69.3 Å². The highest BCUT2D eigenvalue weighted by molar-refractivity contribution is 5.84. The smallest absolute Gasteiger partial charge is 0.311 e. The van der Waals surface area contributed by atoms with Crippen LogP contribution in [0.4, 0.5) is 5.69 Å². The molecule has 7 nitrogen and oxygen atoms in total. The second-order valence-electron chi connectivity index (χ2n) is 5.17. The molecule has 0 aliphatic heterocycles. The minimum absolute atomic E-state index is 0.0450. The van der Waals surface area contributed by atoms with Crippen LogP contribution in [0.2, 0.25) is 0 Å². The van der Waals surface area contributed by atoms with E-state index in [4.69, 9.17) is 4.74 Å². The number of aryl methyl sites for hydroxylation is 2. The molecule has 0 aliphatic carbocycles. The zero-order valence-corrected chi connectivity index (χ0v) is 13.4. The number of hydrogen-bond acceptors (Lipinski definition) is 5. The van der Waals surface area contributed by atoms with Gasteiger partial charge < -0.3 is 4.74 Å². The number of amides is 1. The van der Waals surface area contributed by atoms with E-state index >= 15 is 0 Å². The van der Waals surface area contributed by atoms with E-state index in [1.54, 1.807) is 13.0 Å². The molecule has 2 rings (SSSR count). The molecule has 2 aromatic rings. The highest BCUT2D eigenvalue weighted by Gasteiger charge is 2.16. The van der Waals surface area contributed by atoms with Crippen molar-refractivity contribution >= 4 is 17.8 Å². The molecule has 0 unspecified atom stereocenters. The predicted octanol–water partition coefficient (Wildman–Crippen LogP) is 2.74. The molecule has 0 heterocycles. The summed E-state index contributed by atoms with van der Waals surface area (Å²) in [6.45, 7) is 3.31. The number of hydrogen-bond donors (Lipinski definition) is 1. The zero-order valence-electron chi connectivity index (χ0n) is 13.4. The number of nitro benzene ring substituents is 1. The fraction of sp³-hybridized carbons (Fsp3) is 0.176. The van der Waals surface area contributed by atoms with Crippen molar-refractivity contribution in [1.29, 1.82) is 0 Å². The van der Waals surface area contributed by atoms with E-state index in [1.165, 1.54) is 18.3 Å². The van der Waals surface area contributed by atoms with Gasteiger partial charge in [0.1, 0.15) is 0 Å². The molecular formula is C17H17N3O4. The highest BCUT2D eigenvalue weighted by Crippen LogP contribution is 2.27. The van der Waals surface area contributed by atoms with E-state index in [-0.39, 0.29) is 18.0 Å². The lowest BCUT2D eigenvalue weighted by atomic mass is 10.1. The van der Waals surface area contributed by atoms with Gasteiger partial charge in [-0.05, 0) is 36.6 Å². The molecule has 0 fully saturated rings. The predicted molar refractivity (Wildman–Crippen MR) is 90.2 cm³/mol. The summed E-state index contributed by atoms with van der Waals surface area (Å²) < 4.78 is 5.21. The summed E-state index contributed by atoms with van der Waals surface area (Å²) in [6.07, 6.45) is 1.53. The van der Waals surface area contributed by atoms with Crippen molar-refractivity contribution in [2.45, 2.75) is 13.8 Å². The first-order valence-corrected chi connectivity index (χ1v) is 7.23. The Bertz CT molecular complexity index is 787. The minimum atomic E-state index is -0.545. The Morgan fingerprint density at radius 2 is 2.04 bits per heavy atom. The van der Waals surface area contributed by atoms with E-state index in [0.29, 0.717) is 0 Å². The number of carbonyl (C=O) groups is 1. The summed E-state index contributed by atoms with van der Waals surface area (Å²) in [5, 5.41) is 14.8. The van der Waals surface area contributed by atoms with E-state index in [9.17, 15) is 14.9 Å². The summed E-state index contributed by atoms with van der Waals surface area (Å²) in [6, 6.07) is 12.1. The van der Waals surface area contributed by atoms with Crippen LogP contribution in [-0.2, 0) is 4.79 Å². The van der Waals surface area contributed by atoms with E-state index in [1.807, 2.05) is 31.2 Å². The van der Waals surface area contributed by atoms with Crippen molar-refractivity contribution in [3.8, 4) is 5.75 Å². The highest BCUT2D eigenvalue weighted by atomic mass is 16.6. The summed E-state index contributed by atoms with van der Waals surface area (Å²) in [5.41, 5.74) is 4.80. The van der Waals surface area contributed by atoms with Crippen molar-refractivity contribution in [2.24, 2.45) is 5.10 Å². The van der Waals surface area contributed by atoms with Gasteiger partial charge in [0.15, 0.2) is 12.4 Å². The summed E-state index contributed by atoms with van der Waals surface area (Å²) in [4.78, 5) is 22.2. The number of nitrogens with zero attached hydrogens (tertiary/aromatic N) is 2. The second kappa shape index (κ2) is 7.87. The monoisotopic (exact) mass is 327 g/mol. The molecule has 1 N–H and O–H groups in total. The van der Waals surface area contributed by atoms with Crippen LogP contribution in [0.25, 0.3) is 0 Å². The Balaban J connectivity index is 1.92. The third-order valence-corrected chi connectivity index (χ3v) is 3.25. The molecule has 0 radical (unpaired) electrons. The number of nitro groups is 1. The lowest BCUT2D eigenvalue weighted by Gasteiger charge is -2.06. The average molecular weight is 327 g/mol. The molecule has 2 aromatic carbocycles. The van der Waals surface area contributed by atoms with Gasteiger partial charge in [-0.3, -0.25) is 14.9 Å². The van der Waals surface area contributed by atoms with Gasteiger partial charge in [-0.1, -0.05) is 30.3 Å². The Morgan fingerprint density at radius 1 is 1.29 bits per heavy atom. The van der Waals surface area contributed by atoms with Crippen LogP contribution in [0.1, 0.15) is 16.7 Å². The second-order valence-corrected chi connectivity index (χ2v) is 5.17. The van der Waals surface area contributed by atoms with Gasteiger partial charge in [-0.25, -0.2) is 5.43 Å². The first-order chi connectivity index (χ1) is 11.5. The molecule has 7 heteroatoms. The first-order valence-electron chi connectivity index (χ1n) is 7.23. The average Bonchev–Trinajstić information content (AvgIpc) is 2.55. The summed E-state index contributed by atoms with van der Waals surface area (Å²) >= 11 is 0. The Hall–Kier alpha value is -3.22. The third-order valence-electron chi connectivity index (χ3n) is 3.25. The third kappa shape index (κ3) is 4.64. The van der Waals surface area contributed by atoms with E-state index in [0.717, 1.165) is 16.7 Å². The van der Waals surface area contributed by atoms with Crippen LogP contribution >= 0.6 is 0 Å². The fourth-order valence-electron chi connectivity index (χ4n) is 1.97. The molecule has 124 valence electrons. The molecule has 1 amide bonds. The van der Waals surface area contributed by atoms with Crippen LogP contribution in [0.15, 0.2) is 47.6 Å². The van der Waals surface area contributed by atoms with Gasteiger partial charge in [-0.15, -0.1) is 0 Å². The van der Waals surface area contributed by atoms with Gasteiger partial charge in [0.2, 0.25) is 0 Å². The maximum atomic E-state index is 11.7. The normalized spacial score (nSPS) is 10.6. The molecule has 0 aliphatic rings. The van der Waals surface area contributed by atoms with E-state index < -0.39 is 10.8 Å². The largest absolute Gasteiger partial charge is 0.477 e. The molecule has 0 spiro atoms. The SMILES string of the molecule is Cc1ccc(OCC(=O)N/N=C\c2ccccc2C)c([N+](=O)[O-])c1. The maximum absolute atomic E-state index is 11.7. The molecule has 0 saturated heterocycles. The standard InChI is InChI=1S/C17H17N3O4/c1-12-7-8-16(15(9-12)20(22)23)24-11-17(21)19-18-10-14-6-4-3-5-13(14)2/h3-10H,11H2,1-2H3,(H,19,21)/b18-10-. The Morgan fingerprint density at radius 3 is 2.75 bits per heavy atom. The number of rotatable bonds is 6. The van der Waals surface area contributed by atoms with Gasteiger partial charge in [0.25, 0.3) is 5.91 Å². The van der Waals surface area contributed by atoms with Crippen molar-refractivity contribution in [1.82, 2.24) is 5.43 Å². The van der Waals surface area contributed by atoms with Crippen LogP contribution < -0.4 is 10.2 Å². The van der Waals surface area contributed by atoms with Crippen LogP contribution in [0.5, 0.6) is 5.75 Å². The van der Waals surface area contributed by atoms with Crippen LogP contribution in [-0.4, -0.2) is 23.7 Å². The molecule has 0 aromatic heterocycles. The van der Waals surface area contributed by atoms with Crippen molar-refractivity contribution < 1.29 is 14.5 Å². The lowest BCUT2D eigenvalue weighted by molar-refractivity contribution is -0.385. The maximum Gasteiger partial charge on any atom is 0.311 e. The molecule has 0 atom stereocenters. The number of carbonyl (C=O) groups excluding carboxylic acids is 1. The molecule has 24 heavy (non-hydrogen) atoms. The summed E-state index contributed by atoms with van der Waals surface area (Å²) in [5.74, 6) is -0.460. The number of hydrazone groups is 1. The van der Waals surface area contributed by atoms with Gasteiger partial charge in [-0.2, -0.15) is 5.10 Å². The molecular weight excluding hydrogens is 310 g/mol. The molecule has 0 bridgehead atoms. The van der Waals surface area contributed by atoms with Crippen molar-refractivity contribution in [3.63, 3.8) is 0 Å². The fourth-order valence-corrected chi connectivity index (χ4v) is 1.97. The Kier molecular flexibility index (Phi) is 5.62. The first kappa shape index (κ1) is 17.1. The summed E-state index contributed by atoms with van der Waals surface area (Å²) in [7, 11) is 0. The Labute approximate surface area is 139 Å². The van der Waals surface area contributed by atoms with E-state index in [2.05, 4.69) is 10.5 Å². The lowest BCUT2D eigenvalue weighted by Crippen LogP contribution is -2.24. The number of ether oxygens (including phenoxy) is 1. The number of nitrogens with one attached hydrogen (secondary N) is 1. The van der Waals surface area contributed by atoms with Crippen molar-refractivity contribution in [2.75, 3.05) is 6.61 Å². The van der Waals surface area contributed by atoms with Gasteiger partial charge in [0, 0.05) is 6.07 Å². The van der Waals surface area contributed by atoms with Crippen LogP contribution in [0, 0.1) is 24.0 Å². The topological polar surface area (TPSA) is 93.8 Å². The number of benzene rings is 2. The zero-order chi connectivity index (χ0) is 17.5. The molecule has 0 saturated carbocycles.